The SMILES string of the molecule is CN(C)c1ccc(C(=O)NN=Cc2ccccc2Cl)cc1. The molecule has 0 aliphatic rings. The zero-order chi connectivity index (χ0) is 15.2. The summed E-state index contributed by atoms with van der Waals surface area (Å²) in [5.41, 5.74) is 4.82. The van der Waals surface area contributed by atoms with Gasteiger partial charge in [-0.3, -0.25) is 4.79 Å². The minimum atomic E-state index is -0.261. The molecule has 2 rings (SSSR count). The number of carbonyl (C=O) groups is 1. The summed E-state index contributed by atoms with van der Waals surface area (Å²) in [5.74, 6) is -0.261. The van der Waals surface area contributed by atoms with Crippen molar-refractivity contribution in [2.24, 2.45) is 5.10 Å². The average Bonchev–Trinajstić information content (AvgIpc) is 2.49. The Balaban J connectivity index is 2.00. The lowest BCUT2D eigenvalue weighted by Crippen LogP contribution is -2.18. The van der Waals surface area contributed by atoms with Gasteiger partial charge >= 0.3 is 0 Å². The number of halogens is 1. The van der Waals surface area contributed by atoms with Gasteiger partial charge in [0.25, 0.3) is 5.91 Å². The second-order valence-electron chi connectivity index (χ2n) is 4.66. The summed E-state index contributed by atoms with van der Waals surface area (Å²) in [4.78, 5) is 13.9. The molecule has 0 saturated carbocycles. The number of anilines is 1. The van der Waals surface area contributed by atoms with E-state index in [0.29, 0.717) is 10.6 Å². The monoisotopic (exact) mass is 301 g/mol. The van der Waals surface area contributed by atoms with Crippen molar-refractivity contribution >= 4 is 29.4 Å². The first kappa shape index (κ1) is 15.1. The van der Waals surface area contributed by atoms with Gasteiger partial charge in [-0.05, 0) is 30.3 Å². The molecule has 108 valence electrons. The third-order valence-electron chi connectivity index (χ3n) is 2.92. The normalized spacial score (nSPS) is 10.6. The Bertz CT molecular complexity index is 651. The van der Waals surface area contributed by atoms with E-state index >= 15 is 0 Å². The highest BCUT2D eigenvalue weighted by molar-refractivity contribution is 6.33. The van der Waals surface area contributed by atoms with E-state index in [0.717, 1.165) is 11.3 Å². The lowest BCUT2D eigenvalue weighted by molar-refractivity contribution is 0.0955. The number of amides is 1. The lowest BCUT2D eigenvalue weighted by atomic mass is 10.2. The molecule has 0 aliphatic heterocycles. The summed E-state index contributed by atoms with van der Waals surface area (Å²) >= 11 is 6.00. The van der Waals surface area contributed by atoms with Crippen molar-refractivity contribution in [3.63, 3.8) is 0 Å². The van der Waals surface area contributed by atoms with Crippen LogP contribution in [0.4, 0.5) is 5.69 Å². The molecule has 5 heteroatoms. The number of hydrazone groups is 1. The Kier molecular flexibility index (Phi) is 4.95. The fraction of sp³-hybridized carbons (Fsp3) is 0.125. The number of rotatable bonds is 4. The molecule has 0 spiro atoms. The van der Waals surface area contributed by atoms with Crippen LogP contribution in [0.3, 0.4) is 0 Å². The molecule has 21 heavy (non-hydrogen) atoms. The smallest absolute Gasteiger partial charge is 0.271 e. The predicted octanol–water partition coefficient (Wildman–Crippen LogP) is 3.17. The third-order valence-corrected chi connectivity index (χ3v) is 3.27. The van der Waals surface area contributed by atoms with Crippen LogP contribution in [0.15, 0.2) is 53.6 Å². The molecule has 2 aromatic carbocycles. The van der Waals surface area contributed by atoms with Crippen LogP contribution in [-0.2, 0) is 0 Å². The van der Waals surface area contributed by atoms with Gasteiger partial charge in [-0.25, -0.2) is 5.43 Å². The maximum Gasteiger partial charge on any atom is 0.271 e. The molecular weight excluding hydrogens is 286 g/mol. The Hall–Kier alpha value is -2.33. The summed E-state index contributed by atoms with van der Waals surface area (Å²) < 4.78 is 0. The van der Waals surface area contributed by atoms with Crippen LogP contribution in [0.5, 0.6) is 0 Å². The summed E-state index contributed by atoms with van der Waals surface area (Å²) in [6, 6.07) is 14.6. The zero-order valence-electron chi connectivity index (χ0n) is 11.9. The first-order chi connectivity index (χ1) is 10.1. The summed E-state index contributed by atoms with van der Waals surface area (Å²) in [6.45, 7) is 0. The van der Waals surface area contributed by atoms with Crippen molar-refractivity contribution in [2.75, 3.05) is 19.0 Å². The van der Waals surface area contributed by atoms with Crippen LogP contribution in [-0.4, -0.2) is 26.2 Å². The minimum absolute atomic E-state index is 0.261. The lowest BCUT2D eigenvalue weighted by Gasteiger charge is -2.12. The van der Waals surface area contributed by atoms with Gasteiger partial charge in [0.15, 0.2) is 0 Å². The van der Waals surface area contributed by atoms with E-state index in [-0.39, 0.29) is 5.91 Å². The molecule has 0 aromatic heterocycles. The molecule has 0 bridgehead atoms. The Morgan fingerprint density at radius 2 is 1.81 bits per heavy atom. The molecule has 0 radical (unpaired) electrons. The molecule has 4 nitrogen and oxygen atoms in total. The summed E-state index contributed by atoms with van der Waals surface area (Å²) in [7, 11) is 3.89. The molecular formula is C16H16ClN3O. The van der Waals surface area contributed by atoms with Gasteiger partial charge in [0.2, 0.25) is 0 Å². The maximum atomic E-state index is 11.9. The number of carbonyl (C=O) groups excluding carboxylic acids is 1. The minimum Gasteiger partial charge on any atom is -0.378 e. The van der Waals surface area contributed by atoms with E-state index in [9.17, 15) is 4.79 Å². The maximum absolute atomic E-state index is 11.9. The number of hydrogen-bond acceptors (Lipinski definition) is 3. The van der Waals surface area contributed by atoms with Crippen LogP contribution in [0.25, 0.3) is 0 Å². The highest BCUT2D eigenvalue weighted by Crippen LogP contribution is 2.13. The van der Waals surface area contributed by atoms with Gasteiger partial charge in [-0.2, -0.15) is 5.10 Å². The second kappa shape index (κ2) is 6.90. The van der Waals surface area contributed by atoms with Crippen LogP contribution in [0.1, 0.15) is 15.9 Å². The van der Waals surface area contributed by atoms with Crippen molar-refractivity contribution in [2.45, 2.75) is 0 Å². The Morgan fingerprint density at radius 3 is 2.43 bits per heavy atom. The van der Waals surface area contributed by atoms with E-state index < -0.39 is 0 Å². The van der Waals surface area contributed by atoms with E-state index in [4.69, 9.17) is 11.6 Å². The molecule has 1 N–H and O–H groups in total. The molecule has 0 unspecified atom stereocenters. The molecule has 0 fully saturated rings. The summed E-state index contributed by atoms with van der Waals surface area (Å²) in [5, 5.41) is 4.51. The van der Waals surface area contributed by atoms with Crippen molar-refractivity contribution in [1.82, 2.24) is 5.43 Å². The van der Waals surface area contributed by atoms with Gasteiger partial charge in [-0.1, -0.05) is 29.8 Å². The van der Waals surface area contributed by atoms with Crippen molar-refractivity contribution in [3.8, 4) is 0 Å². The van der Waals surface area contributed by atoms with Gasteiger partial charge in [0.1, 0.15) is 0 Å². The van der Waals surface area contributed by atoms with Gasteiger partial charge < -0.3 is 4.90 Å². The van der Waals surface area contributed by atoms with Crippen molar-refractivity contribution < 1.29 is 4.79 Å². The van der Waals surface area contributed by atoms with Crippen LogP contribution in [0.2, 0.25) is 5.02 Å². The highest BCUT2D eigenvalue weighted by atomic mass is 35.5. The number of hydrogen-bond donors (Lipinski definition) is 1. The zero-order valence-corrected chi connectivity index (χ0v) is 12.6. The van der Waals surface area contributed by atoms with Gasteiger partial charge in [0, 0.05) is 35.9 Å². The topological polar surface area (TPSA) is 44.7 Å². The molecule has 0 aliphatic carbocycles. The fourth-order valence-electron chi connectivity index (χ4n) is 1.72. The van der Waals surface area contributed by atoms with E-state index in [1.54, 1.807) is 18.2 Å². The Labute approximate surface area is 129 Å². The molecule has 0 heterocycles. The largest absolute Gasteiger partial charge is 0.378 e. The average molecular weight is 302 g/mol. The second-order valence-corrected chi connectivity index (χ2v) is 5.07. The quantitative estimate of drug-likeness (QED) is 0.696. The first-order valence-corrected chi connectivity index (χ1v) is 6.81. The molecule has 0 saturated heterocycles. The van der Waals surface area contributed by atoms with Crippen molar-refractivity contribution in [1.29, 1.82) is 0 Å². The van der Waals surface area contributed by atoms with E-state index in [1.807, 2.05) is 49.3 Å². The van der Waals surface area contributed by atoms with E-state index in [2.05, 4.69) is 10.5 Å². The fourth-order valence-corrected chi connectivity index (χ4v) is 1.90. The third kappa shape index (κ3) is 4.07. The number of nitrogens with one attached hydrogen (secondary N) is 1. The van der Waals surface area contributed by atoms with Crippen LogP contribution in [0, 0.1) is 0 Å². The molecule has 0 atom stereocenters. The first-order valence-electron chi connectivity index (χ1n) is 6.43. The van der Waals surface area contributed by atoms with Crippen LogP contribution >= 0.6 is 11.6 Å². The van der Waals surface area contributed by atoms with Crippen LogP contribution < -0.4 is 10.3 Å². The van der Waals surface area contributed by atoms with Gasteiger partial charge in [-0.15, -0.1) is 0 Å². The Morgan fingerprint density at radius 1 is 1.14 bits per heavy atom. The summed E-state index contributed by atoms with van der Waals surface area (Å²) in [6.07, 6.45) is 1.52. The van der Waals surface area contributed by atoms with Gasteiger partial charge in [0.05, 0.1) is 6.21 Å². The predicted molar refractivity (Wildman–Crippen MR) is 87.3 cm³/mol. The highest BCUT2D eigenvalue weighted by Gasteiger charge is 2.04. The van der Waals surface area contributed by atoms with E-state index in [1.165, 1.54) is 6.21 Å². The number of nitrogens with zero attached hydrogens (tertiary/aromatic N) is 2. The molecule has 1 amide bonds. The molecule has 2 aromatic rings. The standard InChI is InChI=1S/C16H16ClN3O/c1-20(2)14-9-7-12(8-10-14)16(21)19-18-11-13-5-3-4-6-15(13)17/h3-11H,1-2H3,(H,19,21). The van der Waals surface area contributed by atoms with Crippen molar-refractivity contribution in [3.05, 3.63) is 64.7 Å². The number of benzene rings is 2.